The standard InChI is InChI=1S/C22H31N5O/c1-2-23-22(26-18-12-13-27(15-18)20-10-6-7-11-20)24-14-19-16-28-21(25-19)17-8-4-3-5-9-17/h3-5,8-9,16,18,20H,2,6-7,10-15H2,1H3,(H2,23,24,26). The highest BCUT2D eigenvalue weighted by Gasteiger charge is 2.30. The minimum Gasteiger partial charge on any atom is -0.444 e. The number of aliphatic imine (C=N–C) groups is 1. The van der Waals surface area contributed by atoms with Crippen LogP contribution in [0.15, 0.2) is 46.0 Å². The number of hydrogen-bond acceptors (Lipinski definition) is 4. The van der Waals surface area contributed by atoms with Gasteiger partial charge in [-0.15, -0.1) is 0 Å². The minimum atomic E-state index is 0.468. The van der Waals surface area contributed by atoms with Crippen LogP contribution in [-0.4, -0.2) is 47.6 Å². The fourth-order valence-corrected chi connectivity index (χ4v) is 4.27. The third-order valence-corrected chi connectivity index (χ3v) is 5.72. The summed E-state index contributed by atoms with van der Waals surface area (Å²) in [6, 6.07) is 11.2. The minimum absolute atomic E-state index is 0.468. The normalized spacial score (nSPS) is 21.3. The first kappa shape index (κ1) is 19.0. The van der Waals surface area contributed by atoms with E-state index in [0.29, 0.717) is 18.5 Å². The van der Waals surface area contributed by atoms with Crippen LogP contribution in [-0.2, 0) is 6.54 Å². The Morgan fingerprint density at radius 2 is 2.04 bits per heavy atom. The van der Waals surface area contributed by atoms with E-state index in [-0.39, 0.29) is 0 Å². The number of rotatable bonds is 6. The number of likely N-dealkylation sites (tertiary alicyclic amines) is 1. The molecule has 0 spiro atoms. The fraction of sp³-hybridized carbons (Fsp3) is 0.545. The van der Waals surface area contributed by atoms with Crippen LogP contribution in [0.2, 0.25) is 0 Å². The molecule has 1 aliphatic carbocycles. The molecule has 1 aromatic carbocycles. The molecule has 0 radical (unpaired) electrons. The summed E-state index contributed by atoms with van der Waals surface area (Å²) in [6.45, 7) is 5.77. The van der Waals surface area contributed by atoms with Crippen molar-refractivity contribution >= 4 is 5.96 Å². The van der Waals surface area contributed by atoms with Gasteiger partial charge in [0.2, 0.25) is 5.89 Å². The van der Waals surface area contributed by atoms with Crippen LogP contribution in [0.3, 0.4) is 0 Å². The molecule has 1 saturated heterocycles. The predicted molar refractivity (Wildman–Crippen MR) is 112 cm³/mol. The van der Waals surface area contributed by atoms with E-state index in [2.05, 4.69) is 27.4 Å². The van der Waals surface area contributed by atoms with Crippen molar-refractivity contribution in [2.45, 2.75) is 57.7 Å². The summed E-state index contributed by atoms with van der Waals surface area (Å²) in [5, 5.41) is 6.98. The molecule has 2 fully saturated rings. The predicted octanol–water partition coefficient (Wildman–Crippen LogP) is 3.41. The number of hydrogen-bond donors (Lipinski definition) is 2. The van der Waals surface area contributed by atoms with Crippen molar-refractivity contribution in [3.8, 4) is 11.5 Å². The van der Waals surface area contributed by atoms with Crippen LogP contribution < -0.4 is 10.6 Å². The third-order valence-electron chi connectivity index (χ3n) is 5.72. The quantitative estimate of drug-likeness (QED) is 0.593. The molecule has 2 aliphatic rings. The van der Waals surface area contributed by atoms with Crippen LogP contribution in [0, 0.1) is 0 Å². The average molecular weight is 382 g/mol. The third kappa shape index (κ3) is 4.73. The molecular formula is C22H31N5O. The van der Waals surface area contributed by atoms with Crippen molar-refractivity contribution in [1.82, 2.24) is 20.5 Å². The zero-order valence-corrected chi connectivity index (χ0v) is 16.7. The van der Waals surface area contributed by atoms with Gasteiger partial charge >= 0.3 is 0 Å². The number of nitrogens with one attached hydrogen (secondary N) is 2. The summed E-state index contributed by atoms with van der Waals surface area (Å²) in [6.07, 6.45) is 8.42. The van der Waals surface area contributed by atoms with E-state index in [1.165, 1.54) is 38.6 Å². The van der Waals surface area contributed by atoms with Gasteiger partial charge in [0, 0.05) is 37.3 Å². The Morgan fingerprint density at radius 3 is 2.82 bits per heavy atom. The molecule has 4 rings (SSSR count). The lowest BCUT2D eigenvalue weighted by molar-refractivity contribution is 0.242. The summed E-state index contributed by atoms with van der Waals surface area (Å²) >= 11 is 0. The van der Waals surface area contributed by atoms with Crippen molar-refractivity contribution in [2.75, 3.05) is 19.6 Å². The molecule has 2 aromatic rings. The molecule has 1 aliphatic heterocycles. The fourth-order valence-electron chi connectivity index (χ4n) is 4.27. The SMILES string of the molecule is CCNC(=NCc1coc(-c2ccccc2)n1)NC1CCN(C2CCCC2)C1. The number of nitrogens with zero attached hydrogens (tertiary/aromatic N) is 3. The lowest BCUT2D eigenvalue weighted by Crippen LogP contribution is -2.45. The molecule has 1 saturated carbocycles. The van der Waals surface area contributed by atoms with Gasteiger partial charge in [0.15, 0.2) is 5.96 Å². The first-order valence-corrected chi connectivity index (χ1v) is 10.6. The van der Waals surface area contributed by atoms with Crippen molar-refractivity contribution in [3.05, 3.63) is 42.3 Å². The summed E-state index contributed by atoms with van der Waals surface area (Å²) in [5.74, 6) is 1.51. The zero-order valence-electron chi connectivity index (χ0n) is 16.7. The molecule has 6 heteroatoms. The second-order valence-corrected chi connectivity index (χ2v) is 7.77. The highest BCUT2D eigenvalue weighted by Crippen LogP contribution is 2.26. The van der Waals surface area contributed by atoms with Crippen LogP contribution in [0.1, 0.15) is 44.7 Å². The van der Waals surface area contributed by atoms with Crippen molar-refractivity contribution < 1.29 is 4.42 Å². The molecular weight excluding hydrogens is 350 g/mol. The summed E-state index contributed by atoms with van der Waals surface area (Å²) in [4.78, 5) is 12.0. The van der Waals surface area contributed by atoms with Gasteiger partial charge in [-0.05, 0) is 38.3 Å². The summed E-state index contributed by atoms with van der Waals surface area (Å²) in [5.41, 5.74) is 1.83. The average Bonchev–Trinajstić information content (AvgIpc) is 3.48. The topological polar surface area (TPSA) is 65.7 Å². The van der Waals surface area contributed by atoms with E-state index in [1.54, 1.807) is 6.26 Å². The largest absolute Gasteiger partial charge is 0.444 e. The Labute approximate surface area is 167 Å². The first-order valence-electron chi connectivity index (χ1n) is 10.6. The van der Waals surface area contributed by atoms with E-state index < -0.39 is 0 Å². The lowest BCUT2D eigenvalue weighted by Gasteiger charge is -2.24. The monoisotopic (exact) mass is 381 g/mol. The summed E-state index contributed by atoms with van der Waals surface area (Å²) < 4.78 is 5.62. The molecule has 0 amide bonds. The van der Waals surface area contributed by atoms with Gasteiger partial charge in [0.25, 0.3) is 0 Å². The van der Waals surface area contributed by atoms with Crippen molar-refractivity contribution in [3.63, 3.8) is 0 Å². The maximum absolute atomic E-state index is 5.62. The number of benzene rings is 1. The van der Waals surface area contributed by atoms with E-state index in [9.17, 15) is 0 Å². The van der Waals surface area contributed by atoms with E-state index >= 15 is 0 Å². The molecule has 6 nitrogen and oxygen atoms in total. The van der Waals surface area contributed by atoms with E-state index in [1.807, 2.05) is 30.3 Å². The first-order chi connectivity index (χ1) is 13.8. The number of aromatic nitrogens is 1. The second kappa shape index (κ2) is 9.24. The van der Waals surface area contributed by atoms with Gasteiger partial charge in [-0.3, -0.25) is 4.90 Å². The van der Waals surface area contributed by atoms with Gasteiger partial charge in [0.05, 0.1) is 6.54 Å². The zero-order chi connectivity index (χ0) is 19.2. The lowest BCUT2D eigenvalue weighted by atomic mass is 10.2. The van der Waals surface area contributed by atoms with E-state index in [4.69, 9.17) is 9.41 Å². The highest BCUT2D eigenvalue weighted by atomic mass is 16.3. The highest BCUT2D eigenvalue weighted by molar-refractivity contribution is 5.80. The van der Waals surface area contributed by atoms with Gasteiger partial charge in [-0.1, -0.05) is 31.0 Å². The van der Waals surface area contributed by atoms with Gasteiger partial charge in [-0.2, -0.15) is 0 Å². The van der Waals surface area contributed by atoms with Crippen molar-refractivity contribution in [1.29, 1.82) is 0 Å². The Bertz CT molecular complexity index is 766. The Balaban J connectivity index is 1.34. The van der Waals surface area contributed by atoms with Crippen LogP contribution in [0.5, 0.6) is 0 Å². The van der Waals surface area contributed by atoms with Gasteiger partial charge < -0.3 is 15.1 Å². The molecule has 0 bridgehead atoms. The molecule has 1 atom stereocenters. The number of oxazole rings is 1. The maximum Gasteiger partial charge on any atom is 0.226 e. The second-order valence-electron chi connectivity index (χ2n) is 7.77. The molecule has 28 heavy (non-hydrogen) atoms. The Hall–Kier alpha value is -2.34. The van der Waals surface area contributed by atoms with Gasteiger partial charge in [0.1, 0.15) is 12.0 Å². The van der Waals surface area contributed by atoms with E-state index in [0.717, 1.165) is 36.3 Å². The number of guanidine groups is 1. The molecule has 2 N–H and O–H groups in total. The smallest absolute Gasteiger partial charge is 0.226 e. The molecule has 150 valence electrons. The van der Waals surface area contributed by atoms with Crippen LogP contribution in [0.4, 0.5) is 0 Å². The molecule has 2 heterocycles. The Kier molecular flexibility index (Phi) is 6.27. The Morgan fingerprint density at radius 1 is 1.21 bits per heavy atom. The molecule has 1 aromatic heterocycles. The van der Waals surface area contributed by atoms with Crippen LogP contribution in [0.25, 0.3) is 11.5 Å². The summed E-state index contributed by atoms with van der Waals surface area (Å²) in [7, 11) is 0. The van der Waals surface area contributed by atoms with Crippen LogP contribution >= 0.6 is 0 Å². The van der Waals surface area contributed by atoms with Crippen molar-refractivity contribution in [2.24, 2.45) is 4.99 Å². The molecule has 1 unspecified atom stereocenters. The maximum atomic E-state index is 5.62. The van der Waals surface area contributed by atoms with Gasteiger partial charge in [-0.25, -0.2) is 9.98 Å².